The van der Waals surface area contributed by atoms with Crippen molar-refractivity contribution in [3.8, 4) is 5.75 Å². The molecule has 5 nitrogen and oxygen atoms in total. The molecular formula is C22H21N3O2. The molecule has 0 aliphatic carbocycles. The molecular weight excluding hydrogens is 338 g/mol. The number of carbonyl (C=O) groups excluding carboxylic acids is 1. The first-order valence-corrected chi connectivity index (χ1v) is 8.93. The van der Waals surface area contributed by atoms with E-state index in [-0.39, 0.29) is 11.8 Å². The summed E-state index contributed by atoms with van der Waals surface area (Å²) in [5, 5.41) is 5.15. The zero-order valence-electron chi connectivity index (χ0n) is 15.3. The Bertz CT molecular complexity index is 1080. The summed E-state index contributed by atoms with van der Waals surface area (Å²) in [4.78, 5) is 20.3. The standard InChI is InChI=1S/C22H21N3O2/c1-14(15-7-8-17-12-18(27-2)10-9-16(17)11-15)22(26)23-13-21-24-19-5-3-4-6-20(19)25-21/h3-12,14H,13H2,1-2H3,(H,23,26)(H,24,25)/t14-/m0/s1. The molecule has 0 unspecified atom stereocenters. The van der Waals surface area contributed by atoms with Crippen molar-refractivity contribution in [2.45, 2.75) is 19.4 Å². The van der Waals surface area contributed by atoms with Crippen molar-refractivity contribution in [3.05, 3.63) is 72.1 Å². The van der Waals surface area contributed by atoms with E-state index in [1.807, 2.05) is 61.5 Å². The van der Waals surface area contributed by atoms with Gasteiger partial charge in [-0.15, -0.1) is 0 Å². The molecule has 2 N–H and O–H groups in total. The van der Waals surface area contributed by atoms with E-state index in [0.29, 0.717) is 6.54 Å². The van der Waals surface area contributed by atoms with Gasteiger partial charge in [0.15, 0.2) is 0 Å². The molecule has 4 aromatic rings. The summed E-state index contributed by atoms with van der Waals surface area (Å²) in [7, 11) is 1.66. The van der Waals surface area contributed by atoms with Gasteiger partial charge in [-0.25, -0.2) is 4.98 Å². The summed E-state index contributed by atoms with van der Waals surface area (Å²) >= 11 is 0. The number of nitrogens with zero attached hydrogens (tertiary/aromatic N) is 1. The molecule has 1 amide bonds. The average molecular weight is 359 g/mol. The van der Waals surface area contributed by atoms with Gasteiger partial charge in [0.1, 0.15) is 11.6 Å². The van der Waals surface area contributed by atoms with E-state index in [0.717, 1.165) is 38.9 Å². The van der Waals surface area contributed by atoms with Gasteiger partial charge in [0, 0.05) is 0 Å². The lowest BCUT2D eigenvalue weighted by molar-refractivity contribution is -0.122. The Balaban J connectivity index is 1.47. The van der Waals surface area contributed by atoms with Crippen molar-refractivity contribution in [2.75, 3.05) is 7.11 Å². The number of fused-ring (bicyclic) bond motifs is 2. The quantitative estimate of drug-likeness (QED) is 0.563. The fourth-order valence-electron chi connectivity index (χ4n) is 3.20. The second-order valence-electron chi connectivity index (χ2n) is 6.61. The van der Waals surface area contributed by atoms with Crippen LogP contribution in [0.4, 0.5) is 0 Å². The highest BCUT2D eigenvalue weighted by Gasteiger charge is 2.16. The monoisotopic (exact) mass is 359 g/mol. The molecule has 1 atom stereocenters. The van der Waals surface area contributed by atoms with Gasteiger partial charge < -0.3 is 15.0 Å². The number of amides is 1. The molecule has 0 bridgehead atoms. The summed E-state index contributed by atoms with van der Waals surface area (Å²) in [6, 6.07) is 19.8. The van der Waals surface area contributed by atoms with Crippen LogP contribution in [0.1, 0.15) is 24.2 Å². The first-order valence-electron chi connectivity index (χ1n) is 8.93. The molecule has 1 aromatic heterocycles. The van der Waals surface area contributed by atoms with E-state index in [1.165, 1.54) is 0 Å². The maximum Gasteiger partial charge on any atom is 0.227 e. The highest BCUT2D eigenvalue weighted by atomic mass is 16.5. The SMILES string of the molecule is COc1ccc2cc([C@H](C)C(=O)NCc3nc4ccccc4[nH]3)ccc2c1. The van der Waals surface area contributed by atoms with Crippen molar-refractivity contribution in [1.82, 2.24) is 15.3 Å². The number of benzene rings is 3. The number of imidazole rings is 1. The predicted octanol–water partition coefficient (Wildman–Crippen LogP) is 4.14. The van der Waals surface area contributed by atoms with E-state index in [9.17, 15) is 4.79 Å². The topological polar surface area (TPSA) is 67.0 Å². The Morgan fingerprint density at radius 1 is 1.11 bits per heavy atom. The molecule has 136 valence electrons. The third kappa shape index (κ3) is 3.49. The molecule has 0 aliphatic heterocycles. The number of nitrogens with one attached hydrogen (secondary N) is 2. The molecule has 0 radical (unpaired) electrons. The van der Waals surface area contributed by atoms with E-state index < -0.39 is 0 Å². The van der Waals surface area contributed by atoms with Gasteiger partial charge in [-0.1, -0.05) is 36.4 Å². The summed E-state index contributed by atoms with van der Waals surface area (Å²) in [6.07, 6.45) is 0. The molecule has 0 saturated heterocycles. The van der Waals surface area contributed by atoms with Crippen molar-refractivity contribution in [3.63, 3.8) is 0 Å². The number of H-pyrrole nitrogens is 1. The predicted molar refractivity (Wildman–Crippen MR) is 107 cm³/mol. The number of methoxy groups -OCH3 is 1. The highest BCUT2D eigenvalue weighted by molar-refractivity contribution is 5.88. The number of carbonyl (C=O) groups is 1. The molecule has 0 aliphatic rings. The zero-order chi connectivity index (χ0) is 18.8. The number of rotatable bonds is 5. The van der Waals surface area contributed by atoms with E-state index in [1.54, 1.807) is 7.11 Å². The van der Waals surface area contributed by atoms with Crippen molar-refractivity contribution in [1.29, 1.82) is 0 Å². The highest BCUT2D eigenvalue weighted by Crippen LogP contribution is 2.25. The largest absolute Gasteiger partial charge is 0.497 e. The Kier molecular flexibility index (Phi) is 4.50. The molecule has 5 heteroatoms. The molecule has 0 spiro atoms. The van der Waals surface area contributed by atoms with E-state index in [4.69, 9.17) is 4.74 Å². The molecule has 0 saturated carbocycles. The number of hydrogen-bond acceptors (Lipinski definition) is 3. The van der Waals surface area contributed by atoms with Gasteiger partial charge >= 0.3 is 0 Å². The molecule has 4 rings (SSSR count). The first kappa shape index (κ1) is 17.1. The fourth-order valence-corrected chi connectivity index (χ4v) is 3.20. The number of ether oxygens (including phenoxy) is 1. The van der Waals surface area contributed by atoms with Crippen LogP contribution in [-0.4, -0.2) is 23.0 Å². The number of aromatic nitrogens is 2. The van der Waals surface area contributed by atoms with Crippen LogP contribution in [0.2, 0.25) is 0 Å². The van der Waals surface area contributed by atoms with Gasteiger partial charge in [0.05, 0.1) is 30.6 Å². The average Bonchev–Trinajstić information content (AvgIpc) is 3.13. The number of para-hydroxylation sites is 2. The molecule has 1 heterocycles. The lowest BCUT2D eigenvalue weighted by Gasteiger charge is -2.13. The Morgan fingerprint density at radius 2 is 1.89 bits per heavy atom. The van der Waals surface area contributed by atoms with Crippen LogP contribution in [0.3, 0.4) is 0 Å². The summed E-state index contributed by atoms with van der Waals surface area (Å²) < 4.78 is 5.26. The number of aromatic amines is 1. The minimum atomic E-state index is -0.249. The maximum absolute atomic E-state index is 12.6. The Morgan fingerprint density at radius 3 is 2.70 bits per heavy atom. The maximum atomic E-state index is 12.6. The van der Waals surface area contributed by atoms with Crippen LogP contribution in [-0.2, 0) is 11.3 Å². The minimum absolute atomic E-state index is 0.0247. The van der Waals surface area contributed by atoms with Crippen molar-refractivity contribution < 1.29 is 9.53 Å². The minimum Gasteiger partial charge on any atom is -0.497 e. The summed E-state index contributed by atoms with van der Waals surface area (Å²) in [5.74, 6) is 1.30. The lowest BCUT2D eigenvalue weighted by atomic mass is 9.97. The van der Waals surface area contributed by atoms with Crippen LogP contribution in [0, 0.1) is 0 Å². The molecule has 0 fully saturated rings. The second-order valence-corrected chi connectivity index (χ2v) is 6.61. The van der Waals surface area contributed by atoms with Crippen molar-refractivity contribution >= 4 is 27.7 Å². The Labute approximate surface area is 157 Å². The van der Waals surface area contributed by atoms with Gasteiger partial charge in [0.2, 0.25) is 5.91 Å². The van der Waals surface area contributed by atoms with E-state index in [2.05, 4.69) is 21.4 Å². The normalized spacial score (nSPS) is 12.2. The van der Waals surface area contributed by atoms with E-state index >= 15 is 0 Å². The third-order valence-electron chi connectivity index (χ3n) is 4.83. The number of hydrogen-bond donors (Lipinski definition) is 2. The summed E-state index contributed by atoms with van der Waals surface area (Å²) in [5.41, 5.74) is 2.86. The smallest absolute Gasteiger partial charge is 0.227 e. The van der Waals surface area contributed by atoms with Crippen LogP contribution in [0.15, 0.2) is 60.7 Å². The van der Waals surface area contributed by atoms with Crippen LogP contribution in [0.5, 0.6) is 5.75 Å². The van der Waals surface area contributed by atoms with Crippen molar-refractivity contribution in [2.24, 2.45) is 0 Å². The Hall–Kier alpha value is -3.34. The first-order chi connectivity index (χ1) is 13.1. The fraction of sp³-hybridized carbons (Fsp3) is 0.182. The molecule has 3 aromatic carbocycles. The van der Waals surface area contributed by atoms with Gasteiger partial charge in [-0.3, -0.25) is 4.79 Å². The second kappa shape index (κ2) is 7.11. The van der Waals surface area contributed by atoms with Gasteiger partial charge in [-0.2, -0.15) is 0 Å². The lowest BCUT2D eigenvalue weighted by Crippen LogP contribution is -2.27. The molecule has 27 heavy (non-hydrogen) atoms. The van der Waals surface area contributed by atoms with Crippen LogP contribution >= 0.6 is 0 Å². The zero-order valence-corrected chi connectivity index (χ0v) is 15.3. The van der Waals surface area contributed by atoms with Gasteiger partial charge in [0.25, 0.3) is 0 Å². The van der Waals surface area contributed by atoms with Crippen LogP contribution in [0.25, 0.3) is 21.8 Å². The summed E-state index contributed by atoms with van der Waals surface area (Å²) in [6.45, 7) is 2.29. The van der Waals surface area contributed by atoms with Crippen LogP contribution < -0.4 is 10.1 Å². The van der Waals surface area contributed by atoms with Gasteiger partial charge in [-0.05, 0) is 47.5 Å². The third-order valence-corrected chi connectivity index (χ3v) is 4.83.